The lowest BCUT2D eigenvalue weighted by atomic mass is 10.1. The van der Waals surface area contributed by atoms with Crippen LogP contribution in [-0.2, 0) is 4.79 Å². The second-order valence-corrected chi connectivity index (χ2v) is 5.28. The van der Waals surface area contributed by atoms with Crippen molar-refractivity contribution < 1.29 is 4.79 Å². The molecule has 1 unspecified atom stereocenters. The van der Waals surface area contributed by atoms with Crippen molar-refractivity contribution in [3.8, 4) is 0 Å². The number of rotatable bonds is 3. The number of β-lactam (4-membered cyclic amide) rings is 1. The fourth-order valence-electron chi connectivity index (χ4n) is 1.64. The quantitative estimate of drug-likeness (QED) is 0.730. The van der Waals surface area contributed by atoms with Gasteiger partial charge in [-0.15, -0.1) is 11.8 Å². The van der Waals surface area contributed by atoms with Gasteiger partial charge in [0.2, 0.25) is 5.91 Å². The largest absolute Gasteiger partial charge is 0.338 e. The zero-order valence-electron chi connectivity index (χ0n) is 9.01. The fraction of sp³-hybridized carbons (Fsp3) is 0.417. The van der Waals surface area contributed by atoms with Crippen LogP contribution in [0.2, 0.25) is 0 Å². The van der Waals surface area contributed by atoms with E-state index in [4.69, 9.17) is 0 Å². The Morgan fingerprint density at radius 2 is 2.00 bits per heavy atom. The molecule has 1 amide bonds. The van der Waals surface area contributed by atoms with Gasteiger partial charge in [-0.1, -0.05) is 18.2 Å². The topological polar surface area (TPSA) is 20.3 Å². The van der Waals surface area contributed by atoms with Crippen molar-refractivity contribution in [3.63, 3.8) is 0 Å². The predicted octanol–water partition coefficient (Wildman–Crippen LogP) is 2.40. The maximum Gasteiger partial charge on any atom is 0.238 e. The molecule has 1 aliphatic heterocycles. The summed E-state index contributed by atoms with van der Waals surface area (Å²) in [6.45, 7) is 5.00. The number of benzene rings is 1. The van der Waals surface area contributed by atoms with Gasteiger partial charge in [-0.3, -0.25) is 4.79 Å². The van der Waals surface area contributed by atoms with Crippen molar-refractivity contribution in [3.05, 3.63) is 30.3 Å². The third kappa shape index (κ3) is 2.17. The first kappa shape index (κ1) is 10.6. The van der Waals surface area contributed by atoms with Gasteiger partial charge >= 0.3 is 0 Å². The molecule has 1 atom stereocenters. The fourth-order valence-corrected chi connectivity index (χ4v) is 2.75. The maximum absolute atomic E-state index is 11.7. The molecule has 1 saturated heterocycles. The van der Waals surface area contributed by atoms with Gasteiger partial charge in [0.05, 0.1) is 0 Å². The molecule has 1 fully saturated rings. The summed E-state index contributed by atoms with van der Waals surface area (Å²) >= 11 is 1.67. The Kier molecular flexibility index (Phi) is 3.00. The number of nitrogens with zero attached hydrogens (tertiary/aromatic N) is 1. The molecule has 1 aromatic carbocycles. The summed E-state index contributed by atoms with van der Waals surface area (Å²) in [4.78, 5) is 14.8. The van der Waals surface area contributed by atoms with Crippen molar-refractivity contribution in [2.24, 2.45) is 0 Å². The molecule has 0 aromatic heterocycles. The molecule has 0 N–H and O–H groups in total. The van der Waals surface area contributed by atoms with E-state index in [1.54, 1.807) is 11.8 Å². The van der Waals surface area contributed by atoms with Gasteiger partial charge in [-0.2, -0.15) is 0 Å². The lowest BCUT2D eigenvalue weighted by molar-refractivity contribution is -0.140. The lowest BCUT2D eigenvalue weighted by Crippen LogP contribution is -2.57. The first-order valence-electron chi connectivity index (χ1n) is 5.20. The number of thioether (sulfide) groups is 1. The summed E-state index contributed by atoms with van der Waals surface area (Å²) < 4.78 is 0. The average molecular weight is 221 g/mol. The second-order valence-electron chi connectivity index (χ2n) is 4.00. The van der Waals surface area contributed by atoms with Crippen LogP contribution in [0.4, 0.5) is 0 Å². The monoisotopic (exact) mass is 221 g/mol. The molecule has 80 valence electrons. The van der Waals surface area contributed by atoms with E-state index in [-0.39, 0.29) is 11.2 Å². The third-order valence-corrected chi connectivity index (χ3v) is 3.75. The highest BCUT2D eigenvalue weighted by atomic mass is 32.2. The van der Waals surface area contributed by atoms with E-state index in [0.717, 1.165) is 6.54 Å². The molecule has 0 aliphatic carbocycles. The van der Waals surface area contributed by atoms with Gasteiger partial charge in [0.25, 0.3) is 0 Å². The first-order valence-corrected chi connectivity index (χ1v) is 6.08. The highest BCUT2D eigenvalue weighted by Crippen LogP contribution is 2.31. The van der Waals surface area contributed by atoms with Gasteiger partial charge in [0.1, 0.15) is 5.25 Å². The number of hydrogen-bond donors (Lipinski definition) is 0. The second kappa shape index (κ2) is 4.27. The van der Waals surface area contributed by atoms with Crippen LogP contribution in [0.5, 0.6) is 0 Å². The van der Waals surface area contributed by atoms with Crippen LogP contribution >= 0.6 is 11.8 Å². The lowest BCUT2D eigenvalue weighted by Gasteiger charge is -2.40. The van der Waals surface area contributed by atoms with Crippen LogP contribution in [0.3, 0.4) is 0 Å². The minimum Gasteiger partial charge on any atom is -0.338 e. The van der Waals surface area contributed by atoms with Gasteiger partial charge in [0.15, 0.2) is 0 Å². The Morgan fingerprint density at radius 3 is 2.53 bits per heavy atom. The van der Waals surface area contributed by atoms with Crippen LogP contribution in [-0.4, -0.2) is 28.6 Å². The number of likely N-dealkylation sites (tertiary alicyclic amines) is 1. The van der Waals surface area contributed by atoms with Crippen LogP contribution in [0, 0.1) is 0 Å². The van der Waals surface area contributed by atoms with E-state index >= 15 is 0 Å². The maximum atomic E-state index is 11.7. The van der Waals surface area contributed by atoms with Gasteiger partial charge < -0.3 is 4.90 Å². The first-order chi connectivity index (χ1) is 7.18. The summed E-state index contributed by atoms with van der Waals surface area (Å²) in [5.74, 6) is 0.277. The van der Waals surface area contributed by atoms with Gasteiger partial charge in [-0.05, 0) is 26.0 Å². The standard InChI is InChI=1S/C12H15NOS/c1-9(2)13-8-11(12(13)14)15-10-6-4-3-5-7-10/h3-7,9,11H,8H2,1-2H3. The minimum atomic E-state index is 0.134. The van der Waals surface area contributed by atoms with Crippen molar-refractivity contribution in [2.45, 2.75) is 30.0 Å². The highest BCUT2D eigenvalue weighted by molar-refractivity contribution is 8.00. The molecule has 3 heteroatoms. The average Bonchev–Trinajstić information content (AvgIpc) is 2.24. The molecule has 15 heavy (non-hydrogen) atoms. The molecule has 2 nitrogen and oxygen atoms in total. The summed E-state index contributed by atoms with van der Waals surface area (Å²) in [5.41, 5.74) is 0. The van der Waals surface area contributed by atoms with E-state index in [1.807, 2.05) is 23.1 Å². The molecule has 2 rings (SSSR count). The Labute approximate surface area is 94.7 Å². The Hall–Kier alpha value is -0.960. The molecule has 1 aliphatic rings. The summed E-state index contributed by atoms with van der Waals surface area (Å²) in [7, 11) is 0. The van der Waals surface area contributed by atoms with Crippen LogP contribution < -0.4 is 0 Å². The van der Waals surface area contributed by atoms with E-state index < -0.39 is 0 Å². The van der Waals surface area contributed by atoms with Crippen molar-refractivity contribution in [1.82, 2.24) is 4.90 Å². The minimum absolute atomic E-state index is 0.134. The Bertz CT molecular complexity index is 350. The van der Waals surface area contributed by atoms with Gasteiger partial charge in [0, 0.05) is 17.5 Å². The van der Waals surface area contributed by atoms with Crippen molar-refractivity contribution >= 4 is 17.7 Å². The number of carbonyl (C=O) groups excluding carboxylic acids is 1. The van der Waals surface area contributed by atoms with Crippen molar-refractivity contribution in [2.75, 3.05) is 6.54 Å². The zero-order valence-corrected chi connectivity index (χ0v) is 9.83. The Balaban J connectivity index is 1.92. The predicted molar refractivity (Wildman–Crippen MR) is 62.9 cm³/mol. The SMILES string of the molecule is CC(C)N1CC(Sc2ccccc2)C1=O. The molecular weight excluding hydrogens is 206 g/mol. The van der Waals surface area contributed by atoms with Crippen LogP contribution in [0.25, 0.3) is 0 Å². The molecule has 0 spiro atoms. The van der Waals surface area contributed by atoms with Gasteiger partial charge in [-0.25, -0.2) is 0 Å². The Morgan fingerprint density at radius 1 is 1.33 bits per heavy atom. The number of hydrogen-bond acceptors (Lipinski definition) is 2. The molecule has 1 aromatic rings. The van der Waals surface area contributed by atoms with Crippen LogP contribution in [0.1, 0.15) is 13.8 Å². The van der Waals surface area contributed by atoms with E-state index in [2.05, 4.69) is 26.0 Å². The third-order valence-electron chi connectivity index (χ3n) is 2.57. The smallest absolute Gasteiger partial charge is 0.238 e. The zero-order chi connectivity index (χ0) is 10.8. The molecule has 0 saturated carbocycles. The summed E-state index contributed by atoms with van der Waals surface area (Å²) in [6, 6.07) is 10.4. The summed E-state index contributed by atoms with van der Waals surface area (Å²) in [6.07, 6.45) is 0. The normalized spacial score (nSPS) is 20.6. The molecule has 0 radical (unpaired) electrons. The number of amides is 1. The van der Waals surface area contributed by atoms with E-state index in [9.17, 15) is 4.79 Å². The van der Waals surface area contributed by atoms with E-state index in [1.165, 1.54) is 4.90 Å². The van der Waals surface area contributed by atoms with E-state index in [0.29, 0.717) is 6.04 Å². The molecular formula is C12H15NOS. The van der Waals surface area contributed by atoms with Crippen molar-refractivity contribution in [1.29, 1.82) is 0 Å². The summed E-state index contributed by atoms with van der Waals surface area (Å²) in [5, 5.41) is 0.134. The molecule has 0 bridgehead atoms. The number of carbonyl (C=O) groups is 1. The molecule has 1 heterocycles. The van der Waals surface area contributed by atoms with Crippen LogP contribution in [0.15, 0.2) is 35.2 Å². The highest BCUT2D eigenvalue weighted by Gasteiger charge is 2.38.